The van der Waals surface area contributed by atoms with Gasteiger partial charge in [-0.1, -0.05) is 60.1 Å². The lowest BCUT2D eigenvalue weighted by Crippen LogP contribution is -2.72. The van der Waals surface area contributed by atoms with Gasteiger partial charge in [-0.25, -0.2) is 4.79 Å². The third-order valence-electron chi connectivity index (χ3n) is 6.40. The number of anilines is 1. The molecule has 3 unspecified atom stereocenters. The normalized spacial score (nSPS) is 23.2. The summed E-state index contributed by atoms with van der Waals surface area (Å²) in [4.78, 5) is 28.4. The second-order valence-electron chi connectivity index (χ2n) is 8.48. The van der Waals surface area contributed by atoms with E-state index in [0.717, 1.165) is 11.1 Å². The van der Waals surface area contributed by atoms with E-state index >= 15 is 0 Å². The molecule has 2 heterocycles. The zero-order valence-corrected chi connectivity index (χ0v) is 18.9. The van der Waals surface area contributed by atoms with E-state index in [1.807, 2.05) is 61.5 Å². The number of carbonyl (C=O) groups excluding carboxylic acids is 2. The topological polar surface area (TPSA) is 70.7 Å². The number of hydrogen-bond donors (Lipinski definition) is 2. The number of nitrogens with one attached hydrogen (secondary N) is 2. The summed E-state index contributed by atoms with van der Waals surface area (Å²) in [6.07, 6.45) is 0.644. The van der Waals surface area contributed by atoms with Crippen LogP contribution in [0.1, 0.15) is 24.1 Å². The number of fused-ring (bicyclic) bond motifs is 4. The van der Waals surface area contributed by atoms with E-state index in [2.05, 4.69) is 10.6 Å². The first-order valence-electron chi connectivity index (χ1n) is 10.9. The van der Waals surface area contributed by atoms with Crippen LogP contribution in [-0.4, -0.2) is 29.1 Å². The fourth-order valence-electron chi connectivity index (χ4n) is 4.76. The quantitative estimate of drug-likeness (QED) is 0.561. The summed E-state index contributed by atoms with van der Waals surface area (Å²) in [5.41, 5.74) is 1.37. The number of amides is 3. The van der Waals surface area contributed by atoms with Gasteiger partial charge in [-0.2, -0.15) is 0 Å². The second kappa shape index (κ2) is 8.45. The Bertz CT molecular complexity index is 1180. The number of hydrogen-bond acceptors (Lipinski definition) is 3. The van der Waals surface area contributed by atoms with E-state index in [-0.39, 0.29) is 11.9 Å². The van der Waals surface area contributed by atoms with Crippen molar-refractivity contribution in [3.63, 3.8) is 0 Å². The highest BCUT2D eigenvalue weighted by Gasteiger charge is 2.59. The van der Waals surface area contributed by atoms with Gasteiger partial charge in [0.05, 0.1) is 6.04 Å². The van der Waals surface area contributed by atoms with Crippen molar-refractivity contribution < 1.29 is 14.3 Å². The Balaban J connectivity index is 1.49. The van der Waals surface area contributed by atoms with Gasteiger partial charge in [-0.15, -0.1) is 0 Å². The van der Waals surface area contributed by atoms with Crippen molar-refractivity contribution in [3.05, 3.63) is 95.0 Å². The van der Waals surface area contributed by atoms with Gasteiger partial charge in [0.1, 0.15) is 11.7 Å². The van der Waals surface area contributed by atoms with Crippen LogP contribution in [0.4, 0.5) is 10.5 Å². The maximum Gasteiger partial charge on any atom is 0.321 e. The number of nitrogens with zero attached hydrogens (tertiary/aromatic N) is 1. The average Bonchev–Trinajstić information content (AvgIpc) is 2.80. The Morgan fingerprint density at radius 3 is 2.52 bits per heavy atom. The zero-order chi connectivity index (χ0) is 23.0. The number of carbonyl (C=O) groups is 2. The van der Waals surface area contributed by atoms with E-state index in [4.69, 9.17) is 16.3 Å². The van der Waals surface area contributed by atoms with Crippen molar-refractivity contribution in [2.24, 2.45) is 5.92 Å². The molecule has 0 aromatic heterocycles. The number of ether oxygens (including phenoxy) is 1. The molecular formula is C26H24ClN3O3. The molecule has 0 saturated carbocycles. The molecule has 2 N–H and O–H groups in total. The van der Waals surface area contributed by atoms with Crippen LogP contribution in [0.15, 0.2) is 78.9 Å². The summed E-state index contributed by atoms with van der Waals surface area (Å²) in [5, 5.41) is 6.63. The second-order valence-corrected chi connectivity index (χ2v) is 8.92. The Morgan fingerprint density at radius 1 is 1.06 bits per heavy atom. The Hall–Kier alpha value is -3.51. The predicted molar refractivity (Wildman–Crippen MR) is 127 cm³/mol. The fraction of sp³-hybridized carbons (Fsp3) is 0.231. The van der Waals surface area contributed by atoms with Crippen LogP contribution >= 0.6 is 11.6 Å². The van der Waals surface area contributed by atoms with Gasteiger partial charge in [-0.3, -0.25) is 9.69 Å². The molecule has 168 valence electrons. The highest BCUT2D eigenvalue weighted by atomic mass is 35.5. The highest BCUT2D eigenvalue weighted by molar-refractivity contribution is 6.30. The molecule has 3 atom stereocenters. The standard InChI is InChI=1S/C26H24ClN3O3/c1-26-22(24(31)28-19-13-11-18(27)12-14-19)23(20-9-5-6-10-21(20)33-26)29-25(32)30(26)16-15-17-7-3-2-4-8-17/h2-14,22-23H,15-16H2,1H3,(H,28,31)(H,29,32). The first-order chi connectivity index (χ1) is 16.0. The third-order valence-corrected chi connectivity index (χ3v) is 6.65. The molecule has 2 aliphatic rings. The van der Waals surface area contributed by atoms with E-state index in [0.29, 0.717) is 29.4 Å². The molecule has 3 aromatic rings. The summed E-state index contributed by atoms with van der Waals surface area (Å²) >= 11 is 5.99. The van der Waals surface area contributed by atoms with Crippen molar-refractivity contribution in [1.29, 1.82) is 0 Å². The zero-order valence-electron chi connectivity index (χ0n) is 18.1. The largest absolute Gasteiger partial charge is 0.467 e. The van der Waals surface area contributed by atoms with Crippen LogP contribution in [0.25, 0.3) is 0 Å². The van der Waals surface area contributed by atoms with Gasteiger partial charge in [0.2, 0.25) is 5.91 Å². The van der Waals surface area contributed by atoms with Crippen molar-refractivity contribution in [2.45, 2.75) is 25.1 Å². The number of rotatable bonds is 5. The molecule has 3 aromatic carbocycles. The molecule has 3 amide bonds. The highest BCUT2D eigenvalue weighted by Crippen LogP contribution is 2.48. The van der Waals surface area contributed by atoms with Crippen LogP contribution < -0.4 is 15.4 Å². The molecule has 1 saturated heterocycles. The molecule has 2 aliphatic heterocycles. The van der Waals surface area contributed by atoms with E-state index in [9.17, 15) is 9.59 Å². The summed E-state index contributed by atoms with van der Waals surface area (Å²) in [6.45, 7) is 2.23. The molecule has 1 fully saturated rings. The minimum absolute atomic E-state index is 0.232. The molecule has 0 radical (unpaired) electrons. The first-order valence-corrected chi connectivity index (χ1v) is 11.3. The third kappa shape index (κ3) is 3.91. The Morgan fingerprint density at radius 2 is 1.76 bits per heavy atom. The molecule has 33 heavy (non-hydrogen) atoms. The van der Waals surface area contributed by atoms with Gasteiger partial charge < -0.3 is 15.4 Å². The Kier molecular flexibility index (Phi) is 5.46. The van der Waals surface area contributed by atoms with Gasteiger partial charge in [-0.05, 0) is 49.2 Å². The lowest BCUT2D eigenvalue weighted by molar-refractivity contribution is -0.153. The van der Waals surface area contributed by atoms with Crippen molar-refractivity contribution in [2.75, 3.05) is 11.9 Å². The van der Waals surface area contributed by atoms with Gasteiger partial charge in [0.15, 0.2) is 5.72 Å². The number of para-hydroxylation sites is 1. The van der Waals surface area contributed by atoms with E-state index in [1.54, 1.807) is 29.2 Å². The van der Waals surface area contributed by atoms with Crippen LogP contribution in [0, 0.1) is 5.92 Å². The minimum atomic E-state index is -1.16. The van der Waals surface area contributed by atoms with Gasteiger partial charge in [0, 0.05) is 22.8 Å². The van der Waals surface area contributed by atoms with Gasteiger partial charge in [0.25, 0.3) is 0 Å². The molecule has 6 nitrogen and oxygen atoms in total. The SMILES string of the molecule is CC12Oc3ccccc3C(NC(=O)N1CCc1ccccc1)C2C(=O)Nc1ccc(Cl)cc1. The molecule has 0 aliphatic carbocycles. The lowest BCUT2D eigenvalue weighted by atomic mass is 9.78. The molecule has 7 heteroatoms. The summed E-state index contributed by atoms with van der Waals surface area (Å²) in [5.74, 6) is -0.231. The summed E-state index contributed by atoms with van der Waals surface area (Å²) in [6, 6.07) is 23.7. The Labute approximate surface area is 197 Å². The molecule has 0 spiro atoms. The van der Waals surface area contributed by atoms with E-state index < -0.39 is 17.7 Å². The first kappa shape index (κ1) is 21.3. The molecule has 5 rings (SSSR count). The van der Waals surface area contributed by atoms with Crippen molar-refractivity contribution in [3.8, 4) is 5.75 Å². The van der Waals surface area contributed by atoms with Crippen LogP contribution in [-0.2, 0) is 11.2 Å². The smallest absolute Gasteiger partial charge is 0.321 e. The number of halogens is 1. The van der Waals surface area contributed by atoms with Crippen LogP contribution in [0.3, 0.4) is 0 Å². The predicted octanol–water partition coefficient (Wildman–Crippen LogP) is 5.01. The monoisotopic (exact) mass is 461 g/mol. The summed E-state index contributed by atoms with van der Waals surface area (Å²) < 4.78 is 6.44. The average molecular weight is 462 g/mol. The fourth-order valence-corrected chi connectivity index (χ4v) is 4.88. The lowest BCUT2D eigenvalue weighted by Gasteiger charge is -2.54. The van der Waals surface area contributed by atoms with E-state index in [1.165, 1.54) is 0 Å². The minimum Gasteiger partial charge on any atom is -0.467 e. The molecule has 2 bridgehead atoms. The van der Waals surface area contributed by atoms with Crippen LogP contribution in [0.5, 0.6) is 5.75 Å². The number of benzene rings is 3. The van der Waals surface area contributed by atoms with Crippen LogP contribution in [0.2, 0.25) is 5.02 Å². The maximum atomic E-state index is 13.6. The van der Waals surface area contributed by atoms with Crippen molar-refractivity contribution >= 4 is 29.2 Å². The van der Waals surface area contributed by atoms with Crippen molar-refractivity contribution in [1.82, 2.24) is 10.2 Å². The number of urea groups is 1. The maximum absolute atomic E-state index is 13.6. The summed E-state index contributed by atoms with van der Waals surface area (Å²) in [7, 11) is 0. The van der Waals surface area contributed by atoms with Gasteiger partial charge >= 0.3 is 6.03 Å². The molecular weight excluding hydrogens is 438 g/mol.